The maximum atomic E-state index is 11.2. The van der Waals surface area contributed by atoms with Crippen molar-refractivity contribution < 1.29 is 14.4 Å². The van der Waals surface area contributed by atoms with Crippen molar-refractivity contribution in [3.63, 3.8) is 0 Å². The molecular weight excluding hydrogens is 383 g/mol. The minimum Gasteiger partial charge on any atom is -0.508 e. The fourth-order valence-electron chi connectivity index (χ4n) is 2.77. The predicted molar refractivity (Wildman–Crippen MR) is 103 cm³/mol. The maximum absolute atomic E-state index is 11.2. The predicted octanol–water partition coefficient (Wildman–Crippen LogP) is 4.74. The van der Waals surface area contributed by atoms with Gasteiger partial charge in [0, 0.05) is 36.9 Å². The monoisotopic (exact) mass is 402 g/mol. The van der Waals surface area contributed by atoms with Crippen LogP contribution in [-0.4, -0.2) is 36.4 Å². The number of hydrogen-bond donors (Lipinski definition) is 1. The van der Waals surface area contributed by atoms with Crippen molar-refractivity contribution in [2.75, 3.05) is 24.7 Å². The molecule has 0 saturated carbocycles. The number of anilines is 1. The normalized spacial score (nSPS) is 13.5. The Morgan fingerprint density at radius 3 is 2.72 bits per heavy atom. The van der Waals surface area contributed by atoms with Crippen LogP contribution in [0.4, 0.5) is 5.82 Å². The molecule has 1 unspecified atom stereocenters. The summed E-state index contributed by atoms with van der Waals surface area (Å²) in [5.41, 5.74) is 0.554. The number of phenols is 1. The van der Waals surface area contributed by atoms with E-state index in [1.807, 2.05) is 31.2 Å². The van der Waals surface area contributed by atoms with Crippen molar-refractivity contribution in [1.29, 1.82) is 0 Å². The van der Waals surface area contributed by atoms with E-state index in [1.54, 1.807) is 6.07 Å². The lowest BCUT2D eigenvalue weighted by Gasteiger charge is -2.30. The van der Waals surface area contributed by atoms with E-state index in [4.69, 9.17) is 27.7 Å². The first-order valence-electron chi connectivity index (χ1n) is 7.66. The minimum atomic E-state index is -0.202. The molecule has 0 spiro atoms. The van der Waals surface area contributed by atoms with Crippen LogP contribution in [0.3, 0.4) is 0 Å². The highest BCUT2D eigenvalue weighted by Crippen LogP contribution is 2.46. The third-order valence-corrected chi connectivity index (χ3v) is 5.94. The quantitative estimate of drug-likeness (QED) is 0.643. The Bertz CT molecular complexity index is 739. The number of halogens is 2. The Kier molecular flexibility index (Phi) is 7.04. The standard InChI is InChI=1S/C17H20Cl2N2O3S/c1-10-8-14(20-24-10)21(2)9-11(6-7-22)17(25-3)15-13(23)5-4-12(18)16(15)19/h4-5,7-8,11,17,23H,6,9H2,1-3H3/t11?,17-/m0/s1. The molecule has 2 atom stereocenters. The van der Waals surface area contributed by atoms with Crippen molar-refractivity contribution in [2.45, 2.75) is 18.6 Å². The zero-order valence-corrected chi connectivity index (χ0v) is 16.5. The van der Waals surface area contributed by atoms with Gasteiger partial charge < -0.3 is 19.3 Å². The van der Waals surface area contributed by atoms with Gasteiger partial charge >= 0.3 is 0 Å². The third kappa shape index (κ3) is 4.63. The second-order valence-corrected chi connectivity index (χ2v) is 7.55. The van der Waals surface area contributed by atoms with Crippen molar-refractivity contribution in [3.05, 3.63) is 39.6 Å². The number of carbonyl (C=O) groups excluding carboxylic acids is 1. The number of aryl methyl sites for hydroxylation is 1. The van der Waals surface area contributed by atoms with Crippen LogP contribution in [0.15, 0.2) is 22.7 Å². The summed E-state index contributed by atoms with van der Waals surface area (Å²) in [5.74, 6) is 1.38. The van der Waals surface area contributed by atoms with Gasteiger partial charge in [-0.15, -0.1) is 0 Å². The Balaban J connectivity index is 2.33. The number of thioether (sulfide) groups is 1. The highest BCUT2D eigenvalue weighted by atomic mass is 35.5. The number of hydrogen-bond acceptors (Lipinski definition) is 6. The molecular formula is C17H20Cl2N2O3S. The summed E-state index contributed by atoms with van der Waals surface area (Å²) in [5, 5.41) is 14.8. The van der Waals surface area contributed by atoms with E-state index >= 15 is 0 Å². The van der Waals surface area contributed by atoms with E-state index < -0.39 is 0 Å². The molecule has 1 N–H and O–H groups in total. The van der Waals surface area contributed by atoms with E-state index in [-0.39, 0.29) is 16.9 Å². The molecule has 0 fully saturated rings. The van der Waals surface area contributed by atoms with Crippen LogP contribution in [-0.2, 0) is 4.79 Å². The van der Waals surface area contributed by atoms with Crippen LogP contribution in [0.1, 0.15) is 23.0 Å². The summed E-state index contributed by atoms with van der Waals surface area (Å²) in [4.78, 5) is 13.2. The Labute approximate surface area is 161 Å². The van der Waals surface area contributed by atoms with Gasteiger partial charge in [0.15, 0.2) is 5.82 Å². The van der Waals surface area contributed by atoms with Crippen LogP contribution in [0.25, 0.3) is 0 Å². The zero-order valence-electron chi connectivity index (χ0n) is 14.2. The van der Waals surface area contributed by atoms with Crippen LogP contribution < -0.4 is 4.90 Å². The molecule has 1 aromatic heterocycles. The van der Waals surface area contributed by atoms with Gasteiger partial charge in [-0.25, -0.2) is 0 Å². The molecule has 0 aliphatic rings. The number of nitrogens with zero attached hydrogens (tertiary/aromatic N) is 2. The summed E-state index contributed by atoms with van der Waals surface area (Å²) in [6.45, 7) is 2.36. The number of rotatable bonds is 8. The first-order valence-corrected chi connectivity index (χ1v) is 9.71. The van der Waals surface area contributed by atoms with Crippen molar-refractivity contribution in [2.24, 2.45) is 5.92 Å². The Morgan fingerprint density at radius 1 is 1.44 bits per heavy atom. The fraction of sp³-hybridized carbons (Fsp3) is 0.412. The molecule has 8 heteroatoms. The Morgan fingerprint density at radius 2 is 2.16 bits per heavy atom. The summed E-state index contributed by atoms with van der Waals surface area (Å²) < 4.78 is 5.11. The number of aromatic hydroxyl groups is 1. The lowest BCUT2D eigenvalue weighted by atomic mass is 9.94. The summed E-state index contributed by atoms with van der Waals surface area (Å²) >= 11 is 14.0. The third-order valence-electron chi connectivity index (χ3n) is 3.99. The second-order valence-electron chi connectivity index (χ2n) is 5.79. The SMILES string of the molecule is CS[C@H](c1c(O)ccc(Cl)c1Cl)C(CC=O)CN(C)c1cc(C)on1. The van der Waals surface area contributed by atoms with E-state index in [9.17, 15) is 9.90 Å². The van der Waals surface area contributed by atoms with Gasteiger partial charge in [0.05, 0.1) is 10.0 Å². The van der Waals surface area contributed by atoms with E-state index in [1.165, 1.54) is 17.8 Å². The number of aromatic nitrogens is 1. The lowest BCUT2D eigenvalue weighted by molar-refractivity contribution is -0.108. The Hall–Kier alpha value is -1.37. The highest BCUT2D eigenvalue weighted by Gasteiger charge is 2.29. The average molecular weight is 403 g/mol. The van der Waals surface area contributed by atoms with Gasteiger partial charge in [0.25, 0.3) is 0 Å². The van der Waals surface area contributed by atoms with Crippen molar-refractivity contribution >= 4 is 47.1 Å². The van der Waals surface area contributed by atoms with E-state index in [2.05, 4.69) is 5.16 Å². The van der Waals surface area contributed by atoms with Crippen LogP contribution in [0, 0.1) is 12.8 Å². The molecule has 1 heterocycles. The van der Waals surface area contributed by atoms with Crippen LogP contribution >= 0.6 is 35.0 Å². The minimum absolute atomic E-state index is 0.0737. The largest absolute Gasteiger partial charge is 0.508 e. The molecule has 0 aliphatic heterocycles. The topological polar surface area (TPSA) is 66.6 Å². The zero-order chi connectivity index (χ0) is 18.6. The summed E-state index contributed by atoms with van der Waals surface area (Å²) in [6, 6.07) is 4.91. The molecule has 136 valence electrons. The highest BCUT2D eigenvalue weighted by molar-refractivity contribution is 7.98. The maximum Gasteiger partial charge on any atom is 0.171 e. The van der Waals surface area contributed by atoms with Gasteiger partial charge in [-0.2, -0.15) is 11.8 Å². The van der Waals surface area contributed by atoms with Gasteiger partial charge in [0.2, 0.25) is 0 Å². The van der Waals surface area contributed by atoms with Gasteiger partial charge in [0.1, 0.15) is 17.8 Å². The van der Waals surface area contributed by atoms with Crippen LogP contribution in [0.5, 0.6) is 5.75 Å². The molecule has 5 nitrogen and oxygen atoms in total. The molecule has 0 aliphatic carbocycles. The fourth-order valence-corrected chi connectivity index (χ4v) is 4.33. The molecule has 25 heavy (non-hydrogen) atoms. The number of carbonyl (C=O) groups is 1. The summed E-state index contributed by atoms with van der Waals surface area (Å²) in [7, 11) is 1.88. The van der Waals surface area contributed by atoms with Gasteiger partial charge in [-0.1, -0.05) is 28.4 Å². The van der Waals surface area contributed by atoms with Gasteiger partial charge in [-0.05, 0) is 31.2 Å². The first-order chi connectivity index (χ1) is 11.9. The van der Waals surface area contributed by atoms with E-state index in [0.717, 1.165) is 6.29 Å². The second kappa shape index (κ2) is 8.83. The molecule has 0 radical (unpaired) electrons. The molecule has 0 saturated heterocycles. The summed E-state index contributed by atoms with van der Waals surface area (Å²) in [6.07, 6.45) is 3.11. The van der Waals surface area contributed by atoms with Crippen molar-refractivity contribution in [3.8, 4) is 5.75 Å². The molecule has 0 amide bonds. The molecule has 0 bridgehead atoms. The molecule has 2 aromatic rings. The first kappa shape index (κ1) is 19.9. The average Bonchev–Trinajstić information content (AvgIpc) is 3.01. The number of phenolic OH excluding ortho intramolecular Hbond substituents is 1. The van der Waals surface area contributed by atoms with Crippen LogP contribution in [0.2, 0.25) is 10.0 Å². The van der Waals surface area contributed by atoms with Gasteiger partial charge in [-0.3, -0.25) is 0 Å². The molecule has 2 rings (SSSR count). The number of aldehydes is 1. The number of benzene rings is 1. The van der Waals surface area contributed by atoms with E-state index in [0.29, 0.717) is 40.2 Å². The smallest absolute Gasteiger partial charge is 0.171 e. The lowest BCUT2D eigenvalue weighted by Crippen LogP contribution is -2.29. The molecule has 1 aromatic carbocycles. The van der Waals surface area contributed by atoms with Crippen molar-refractivity contribution in [1.82, 2.24) is 5.16 Å².